The average Bonchev–Trinajstić information content (AvgIpc) is 2.89. The molecule has 0 saturated carbocycles. The highest BCUT2D eigenvalue weighted by Gasteiger charge is 2.33. The number of hydrogen-bond acceptors (Lipinski definition) is 5. The zero-order valence-corrected chi connectivity index (χ0v) is 14.3. The fraction of sp³-hybridized carbons (Fsp3) is 0.733. The molecule has 5 nitrogen and oxygen atoms in total. The Morgan fingerprint density at radius 3 is 2.71 bits per heavy atom. The molecule has 1 aliphatic heterocycles. The third-order valence-electron chi connectivity index (χ3n) is 3.64. The lowest BCUT2D eigenvalue weighted by Gasteiger charge is -2.42. The Morgan fingerprint density at radius 2 is 2.19 bits per heavy atom. The molecule has 1 saturated heterocycles. The van der Waals surface area contributed by atoms with Crippen LogP contribution in [0.25, 0.3) is 0 Å². The molecule has 21 heavy (non-hydrogen) atoms. The van der Waals surface area contributed by atoms with Crippen molar-refractivity contribution in [3.63, 3.8) is 0 Å². The van der Waals surface area contributed by atoms with Crippen molar-refractivity contribution in [2.24, 2.45) is 0 Å². The summed E-state index contributed by atoms with van der Waals surface area (Å²) >= 11 is 1.68. The number of carbonyl (C=O) groups excluding carboxylic acids is 1. The highest BCUT2D eigenvalue weighted by atomic mass is 32.1. The van der Waals surface area contributed by atoms with Gasteiger partial charge in [0.25, 0.3) is 0 Å². The van der Waals surface area contributed by atoms with Gasteiger partial charge in [-0.05, 0) is 34.6 Å². The second-order valence-corrected chi connectivity index (χ2v) is 7.49. The summed E-state index contributed by atoms with van der Waals surface area (Å²) in [7, 11) is 0. The molecule has 118 valence electrons. The van der Waals surface area contributed by atoms with Crippen LogP contribution in [0.3, 0.4) is 0 Å². The van der Waals surface area contributed by atoms with Gasteiger partial charge in [-0.1, -0.05) is 0 Å². The van der Waals surface area contributed by atoms with Crippen molar-refractivity contribution >= 4 is 17.4 Å². The topological polar surface area (TPSA) is 45.7 Å². The lowest BCUT2D eigenvalue weighted by Crippen LogP contribution is -2.55. The largest absolute Gasteiger partial charge is 0.444 e. The molecule has 2 heterocycles. The number of ether oxygens (including phenoxy) is 1. The Hall–Kier alpha value is -1.14. The second-order valence-electron chi connectivity index (χ2n) is 6.56. The molecule has 1 aliphatic rings. The summed E-state index contributed by atoms with van der Waals surface area (Å²) in [6.45, 7) is 12.3. The Labute approximate surface area is 130 Å². The zero-order valence-electron chi connectivity index (χ0n) is 13.5. The van der Waals surface area contributed by atoms with Crippen LogP contribution in [0.15, 0.2) is 11.6 Å². The van der Waals surface area contributed by atoms with Crippen LogP contribution >= 0.6 is 11.3 Å². The van der Waals surface area contributed by atoms with Gasteiger partial charge in [0, 0.05) is 37.3 Å². The summed E-state index contributed by atoms with van der Waals surface area (Å²) in [5.74, 6) is 0. The monoisotopic (exact) mass is 311 g/mol. The Kier molecular flexibility index (Phi) is 4.88. The van der Waals surface area contributed by atoms with Crippen LogP contribution in [0.2, 0.25) is 0 Å². The molecule has 1 aromatic rings. The van der Waals surface area contributed by atoms with Gasteiger partial charge in [-0.3, -0.25) is 4.90 Å². The predicted molar refractivity (Wildman–Crippen MR) is 84.5 cm³/mol. The number of thiazole rings is 1. The maximum absolute atomic E-state index is 12.2. The zero-order chi connectivity index (χ0) is 15.6. The maximum atomic E-state index is 12.2. The number of amides is 1. The summed E-state index contributed by atoms with van der Waals surface area (Å²) in [4.78, 5) is 20.8. The molecule has 0 radical (unpaired) electrons. The number of rotatable bonds is 2. The average molecular weight is 311 g/mol. The number of piperazine rings is 1. The molecule has 1 amide bonds. The molecular weight excluding hydrogens is 286 g/mol. The minimum Gasteiger partial charge on any atom is -0.444 e. The van der Waals surface area contributed by atoms with Gasteiger partial charge in [0.15, 0.2) is 0 Å². The summed E-state index contributed by atoms with van der Waals surface area (Å²) in [5.41, 5.74) is -0.442. The van der Waals surface area contributed by atoms with Crippen LogP contribution in [0.4, 0.5) is 4.79 Å². The van der Waals surface area contributed by atoms with Gasteiger partial charge >= 0.3 is 6.09 Å². The molecule has 0 spiro atoms. The molecule has 2 rings (SSSR count). The predicted octanol–water partition coefficient (Wildman–Crippen LogP) is 3.15. The van der Waals surface area contributed by atoms with E-state index in [0.717, 1.165) is 18.1 Å². The lowest BCUT2D eigenvalue weighted by atomic mass is 10.1. The van der Waals surface area contributed by atoms with E-state index in [0.29, 0.717) is 12.6 Å². The third kappa shape index (κ3) is 4.17. The van der Waals surface area contributed by atoms with E-state index in [1.807, 2.05) is 37.2 Å². The van der Waals surface area contributed by atoms with Crippen LogP contribution in [-0.4, -0.2) is 52.2 Å². The summed E-state index contributed by atoms with van der Waals surface area (Å²) in [5, 5.41) is 3.14. The summed E-state index contributed by atoms with van der Waals surface area (Å²) in [6, 6.07) is 0.448. The number of carbonyl (C=O) groups is 1. The van der Waals surface area contributed by atoms with Crippen LogP contribution in [0, 0.1) is 0 Å². The Morgan fingerprint density at radius 1 is 1.48 bits per heavy atom. The third-order valence-corrected chi connectivity index (χ3v) is 4.59. The van der Waals surface area contributed by atoms with Crippen LogP contribution in [0.1, 0.15) is 45.7 Å². The quantitative estimate of drug-likeness (QED) is 0.842. The van der Waals surface area contributed by atoms with Crippen LogP contribution in [-0.2, 0) is 4.74 Å². The van der Waals surface area contributed by atoms with E-state index in [1.165, 1.54) is 0 Å². The van der Waals surface area contributed by atoms with E-state index in [1.54, 1.807) is 11.3 Å². The molecule has 0 N–H and O–H groups in total. The minimum atomic E-state index is -0.442. The summed E-state index contributed by atoms with van der Waals surface area (Å²) in [6.07, 6.45) is 1.63. The van der Waals surface area contributed by atoms with Crippen molar-refractivity contribution in [1.82, 2.24) is 14.8 Å². The van der Waals surface area contributed by atoms with Crippen molar-refractivity contribution in [2.45, 2.75) is 52.3 Å². The van der Waals surface area contributed by atoms with Gasteiger partial charge in [0.05, 0.1) is 6.04 Å². The maximum Gasteiger partial charge on any atom is 0.410 e. The van der Waals surface area contributed by atoms with Gasteiger partial charge < -0.3 is 9.64 Å². The van der Waals surface area contributed by atoms with E-state index in [4.69, 9.17) is 4.74 Å². The standard InChI is InChI=1S/C15H25N3O2S/c1-11-10-17(12(2)13-16-6-9-21-13)7-8-18(11)14(19)20-15(3,4)5/h6,9,11-12H,7-8,10H2,1-5H3/t11-,12-/m0/s1. The fourth-order valence-corrected chi connectivity index (χ4v) is 3.26. The van der Waals surface area contributed by atoms with E-state index >= 15 is 0 Å². The Balaban J connectivity index is 1.94. The van der Waals surface area contributed by atoms with Gasteiger partial charge in [-0.25, -0.2) is 9.78 Å². The molecular formula is C15H25N3O2S. The number of hydrogen-bond donors (Lipinski definition) is 0. The Bertz CT molecular complexity index is 470. The van der Waals surface area contributed by atoms with Crippen LogP contribution < -0.4 is 0 Å². The van der Waals surface area contributed by atoms with Crippen molar-refractivity contribution in [3.8, 4) is 0 Å². The number of nitrogens with zero attached hydrogens (tertiary/aromatic N) is 3. The van der Waals surface area contributed by atoms with Crippen molar-refractivity contribution in [2.75, 3.05) is 19.6 Å². The SMILES string of the molecule is C[C@@H](c1nccs1)N1CCN(C(=O)OC(C)(C)C)[C@@H](C)C1. The van der Waals surface area contributed by atoms with Gasteiger partial charge in [0.1, 0.15) is 10.6 Å². The van der Waals surface area contributed by atoms with Gasteiger partial charge in [0.2, 0.25) is 0 Å². The van der Waals surface area contributed by atoms with Crippen molar-refractivity contribution in [3.05, 3.63) is 16.6 Å². The van der Waals surface area contributed by atoms with E-state index < -0.39 is 5.60 Å². The molecule has 0 aliphatic carbocycles. The van der Waals surface area contributed by atoms with Gasteiger partial charge in [-0.15, -0.1) is 11.3 Å². The fourth-order valence-electron chi connectivity index (χ4n) is 2.53. The van der Waals surface area contributed by atoms with E-state index in [9.17, 15) is 4.79 Å². The molecule has 0 unspecified atom stereocenters. The highest BCUT2D eigenvalue weighted by Crippen LogP contribution is 2.25. The molecule has 1 fully saturated rings. The molecule has 6 heteroatoms. The number of aromatic nitrogens is 1. The smallest absolute Gasteiger partial charge is 0.410 e. The first kappa shape index (κ1) is 16.2. The minimum absolute atomic E-state index is 0.149. The highest BCUT2D eigenvalue weighted by molar-refractivity contribution is 7.09. The second kappa shape index (κ2) is 6.32. The van der Waals surface area contributed by atoms with Crippen molar-refractivity contribution in [1.29, 1.82) is 0 Å². The molecule has 1 aromatic heterocycles. The first-order valence-electron chi connectivity index (χ1n) is 7.41. The summed E-state index contributed by atoms with van der Waals surface area (Å²) < 4.78 is 5.47. The molecule has 0 bridgehead atoms. The van der Waals surface area contributed by atoms with Crippen molar-refractivity contribution < 1.29 is 9.53 Å². The van der Waals surface area contributed by atoms with E-state index in [-0.39, 0.29) is 12.1 Å². The first-order chi connectivity index (χ1) is 9.78. The normalized spacial score (nSPS) is 22.1. The molecule has 2 atom stereocenters. The first-order valence-corrected chi connectivity index (χ1v) is 8.29. The van der Waals surface area contributed by atoms with Gasteiger partial charge in [-0.2, -0.15) is 0 Å². The van der Waals surface area contributed by atoms with E-state index in [2.05, 4.69) is 23.7 Å². The van der Waals surface area contributed by atoms with Crippen LogP contribution in [0.5, 0.6) is 0 Å². The lowest BCUT2D eigenvalue weighted by molar-refractivity contribution is -0.00349. The molecule has 0 aromatic carbocycles.